The lowest BCUT2D eigenvalue weighted by molar-refractivity contribution is 0.0472. The van der Waals surface area contributed by atoms with E-state index in [1.165, 1.54) is 6.20 Å². The number of hydrogen-bond donors (Lipinski definition) is 1. The molecule has 0 saturated carbocycles. The van der Waals surface area contributed by atoms with Crippen LogP contribution in [0.3, 0.4) is 0 Å². The summed E-state index contributed by atoms with van der Waals surface area (Å²) in [5.41, 5.74) is 2.19. The number of carbonyl (C=O) groups excluding carboxylic acids is 2. The minimum Gasteiger partial charge on any atom is -0.457 e. The second-order valence-electron chi connectivity index (χ2n) is 6.69. The van der Waals surface area contributed by atoms with E-state index in [1.54, 1.807) is 36.0 Å². The fourth-order valence-corrected chi connectivity index (χ4v) is 3.10. The maximum absolute atomic E-state index is 12.8. The zero-order valence-corrected chi connectivity index (χ0v) is 16.4. The quantitative estimate of drug-likeness (QED) is 0.499. The van der Waals surface area contributed by atoms with E-state index in [9.17, 15) is 9.59 Å². The summed E-state index contributed by atoms with van der Waals surface area (Å²) in [6.45, 7) is 0.187. The van der Waals surface area contributed by atoms with Crippen molar-refractivity contribution in [3.8, 4) is 5.82 Å². The van der Waals surface area contributed by atoms with Crippen molar-refractivity contribution >= 4 is 17.6 Å². The molecule has 2 aromatic heterocycles. The largest absolute Gasteiger partial charge is 0.457 e. The number of aryl methyl sites for hydroxylation is 1. The molecule has 150 valence electrons. The molecule has 0 unspecified atom stereocenters. The molecule has 0 aliphatic carbocycles. The summed E-state index contributed by atoms with van der Waals surface area (Å²) >= 11 is 0. The summed E-state index contributed by atoms with van der Waals surface area (Å²) in [5, 5.41) is 7.02. The molecule has 7 heteroatoms. The minimum atomic E-state index is -0.454. The molecule has 4 aromatic rings. The lowest BCUT2D eigenvalue weighted by Crippen LogP contribution is -2.15. The number of esters is 1. The molecule has 7 nitrogen and oxygen atoms in total. The molecule has 1 N–H and O–H groups in total. The van der Waals surface area contributed by atoms with Crippen molar-refractivity contribution in [3.63, 3.8) is 0 Å². The first-order valence-corrected chi connectivity index (χ1v) is 9.39. The molecule has 1 amide bonds. The van der Waals surface area contributed by atoms with Crippen LogP contribution < -0.4 is 5.32 Å². The number of benzene rings is 2. The van der Waals surface area contributed by atoms with Crippen molar-refractivity contribution in [1.82, 2.24) is 14.3 Å². The molecule has 30 heavy (non-hydrogen) atoms. The first-order valence-electron chi connectivity index (χ1n) is 9.39. The predicted octanol–water partition coefficient (Wildman–Crippen LogP) is 3.82. The number of nitrogens with one attached hydrogen (secondary N) is 1. The monoisotopic (exact) mass is 400 g/mol. The van der Waals surface area contributed by atoms with Crippen LogP contribution in [-0.2, 0) is 18.4 Å². The Morgan fingerprint density at radius 3 is 2.53 bits per heavy atom. The van der Waals surface area contributed by atoms with E-state index in [0.717, 1.165) is 5.56 Å². The lowest BCUT2D eigenvalue weighted by atomic mass is 10.2. The molecule has 0 atom stereocenters. The van der Waals surface area contributed by atoms with Gasteiger partial charge >= 0.3 is 5.97 Å². The van der Waals surface area contributed by atoms with Gasteiger partial charge in [-0.15, -0.1) is 0 Å². The minimum absolute atomic E-state index is 0.187. The Kier molecular flexibility index (Phi) is 5.43. The van der Waals surface area contributed by atoms with Crippen LogP contribution in [0.4, 0.5) is 5.69 Å². The van der Waals surface area contributed by atoms with Gasteiger partial charge in [0.25, 0.3) is 5.91 Å². The Hall–Kier alpha value is -4.13. The zero-order valence-electron chi connectivity index (χ0n) is 16.4. The maximum Gasteiger partial charge on any atom is 0.338 e. The highest BCUT2D eigenvalue weighted by molar-refractivity contribution is 6.06. The van der Waals surface area contributed by atoms with Gasteiger partial charge < -0.3 is 14.6 Å². The second kappa shape index (κ2) is 8.48. The van der Waals surface area contributed by atoms with Crippen molar-refractivity contribution in [2.45, 2.75) is 6.61 Å². The van der Waals surface area contributed by atoms with E-state index in [1.807, 2.05) is 59.4 Å². The van der Waals surface area contributed by atoms with Gasteiger partial charge in [0.05, 0.1) is 11.8 Å². The number of nitrogens with zero attached hydrogens (tertiary/aromatic N) is 3. The summed E-state index contributed by atoms with van der Waals surface area (Å²) < 4.78 is 8.81. The Labute approximate surface area is 173 Å². The van der Waals surface area contributed by atoms with E-state index >= 15 is 0 Å². The molecule has 2 heterocycles. The fourth-order valence-electron chi connectivity index (χ4n) is 3.10. The Morgan fingerprint density at radius 1 is 1.00 bits per heavy atom. The average Bonchev–Trinajstić information content (AvgIpc) is 3.42. The summed E-state index contributed by atoms with van der Waals surface area (Å²) in [4.78, 5) is 25.2. The molecular formula is C23H20N4O3. The van der Waals surface area contributed by atoms with Crippen LogP contribution in [0.1, 0.15) is 26.3 Å². The molecule has 0 fully saturated rings. The van der Waals surface area contributed by atoms with Crippen LogP contribution in [-0.4, -0.2) is 26.2 Å². The highest BCUT2D eigenvalue weighted by atomic mass is 16.5. The van der Waals surface area contributed by atoms with Gasteiger partial charge in [-0.05, 0) is 35.9 Å². The predicted molar refractivity (Wildman–Crippen MR) is 112 cm³/mol. The summed E-state index contributed by atoms with van der Waals surface area (Å²) in [7, 11) is 1.77. The smallest absolute Gasteiger partial charge is 0.338 e. The van der Waals surface area contributed by atoms with Crippen LogP contribution in [0.15, 0.2) is 85.3 Å². The van der Waals surface area contributed by atoms with Gasteiger partial charge in [0.1, 0.15) is 18.0 Å². The SMILES string of the molecule is Cn1ncc(C(=O)Nc2cccc(C(=O)OCc3ccccc3)c2)c1-n1cccc1. The van der Waals surface area contributed by atoms with E-state index in [2.05, 4.69) is 10.4 Å². The lowest BCUT2D eigenvalue weighted by Gasteiger charge is -2.10. The number of anilines is 1. The van der Waals surface area contributed by atoms with Crippen molar-refractivity contribution in [3.05, 3.63) is 102 Å². The van der Waals surface area contributed by atoms with Crippen LogP contribution in [0.5, 0.6) is 0 Å². The Balaban J connectivity index is 1.47. The van der Waals surface area contributed by atoms with Gasteiger partial charge in [0.2, 0.25) is 0 Å². The van der Waals surface area contributed by atoms with Gasteiger partial charge in [-0.2, -0.15) is 5.10 Å². The van der Waals surface area contributed by atoms with E-state index in [-0.39, 0.29) is 12.5 Å². The van der Waals surface area contributed by atoms with E-state index in [0.29, 0.717) is 22.6 Å². The topological polar surface area (TPSA) is 78.2 Å². The first kappa shape index (κ1) is 19.2. The van der Waals surface area contributed by atoms with Crippen molar-refractivity contribution in [1.29, 1.82) is 0 Å². The first-order chi connectivity index (χ1) is 14.6. The van der Waals surface area contributed by atoms with Gasteiger partial charge in [-0.1, -0.05) is 36.4 Å². The third-order valence-corrected chi connectivity index (χ3v) is 4.57. The number of amides is 1. The number of ether oxygens (including phenoxy) is 1. The Morgan fingerprint density at radius 2 is 1.77 bits per heavy atom. The van der Waals surface area contributed by atoms with Crippen LogP contribution in [0.2, 0.25) is 0 Å². The molecule has 0 aliphatic rings. The molecule has 4 rings (SSSR count). The molecule has 0 spiro atoms. The molecular weight excluding hydrogens is 380 g/mol. The Bertz CT molecular complexity index is 1160. The average molecular weight is 400 g/mol. The standard InChI is InChI=1S/C23H20N4O3/c1-26-22(27-12-5-6-13-27)20(15-24-26)21(28)25-19-11-7-10-18(14-19)23(29)30-16-17-8-3-2-4-9-17/h2-15H,16H2,1H3,(H,25,28). The number of rotatable bonds is 6. The maximum atomic E-state index is 12.8. The molecule has 2 aromatic carbocycles. The van der Waals surface area contributed by atoms with E-state index < -0.39 is 5.97 Å². The fraction of sp³-hybridized carbons (Fsp3) is 0.0870. The van der Waals surface area contributed by atoms with Crippen LogP contribution >= 0.6 is 0 Å². The van der Waals surface area contributed by atoms with Crippen LogP contribution in [0, 0.1) is 0 Å². The number of carbonyl (C=O) groups is 2. The molecule has 0 radical (unpaired) electrons. The van der Waals surface area contributed by atoms with Crippen molar-refractivity contribution in [2.24, 2.45) is 7.05 Å². The summed E-state index contributed by atoms with van der Waals surface area (Å²) in [6, 6.07) is 19.9. The number of aromatic nitrogens is 3. The van der Waals surface area contributed by atoms with Crippen molar-refractivity contribution < 1.29 is 14.3 Å². The van der Waals surface area contributed by atoms with Gasteiger partial charge in [-0.3, -0.25) is 9.48 Å². The third-order valence-electron chi connectivity index (χ3n) is 4.57. The third kappa shape index (κ3) is 4.15. The van der Waals surface area contributed by atoms with Crippen molar-refractivity contribution in [2.75, 3.05) is 5.32 Å². The molecule has 0 aliphatic heterocycles. The second-order valence-corrected chi connectivity index (χ2v) is 6.69. The van der Waals surface area contributed by atoms with E-state index in [4.69, 9.17) is 4.74 Å². The summed E-state index contributed by atoms with van der Waals surface area (Å²) in [5.74, 6) is -0.123. The number of hydrogen-bond acceptors (Lipinski definition) is 4. The summed E-state index contributed by atoms with van der Waals surface area (Å²) in [6.07, 6.45) is 5.21. The van der Waals surface area contributed by atoms with Crippen LogP contribution in [0.25, 0.3) is 5.82 Å². The highest BCUT2D eigenvalue weighted by Gasteiger charge is 2.18. The van der Waals surface area contributed by atoms with Gasteiger partial charge in [-0.25, -0.2) is 4.79 Å². The normalized spacial score (nSPS) is 10.6. The van der Waals surface area contributed by atoms with Gasteiger partial charge in [0, 0.05) is 25.1 Å². The van der Waals surface area contributed by atoms with Gasteiger partial charge in [0.15, 0.2) is 0 Å². The zero-order chi connectivity index (χ0) is 20.9. The highest BCUT2D eigenvalue weighted by Crippen LogP contribution is 2.18. The molecule has 0 saturated heterocycles. The molecule has 0 bridgehead atoms.